The van der Waals surface area contributed by atoms with E-state index in [1.807, 2.05) is 0 Å². The normalized spacial score (nSPS) is 11.7. The fourth-order valence-corrected chi connectivity index (χ4v) is 9.28. The summed E-state index contributed by atoms with van der Waals surface area (Å²) in [4.78, 5) is 16.8. The molecule has 5 aromatic carbocycles. The molecule has 0 bridgehead atoms. The molecule has 0 saturated heterocycles. The van der Waals surface area contributed by atoms with Crippen molar-refractivity contribution in [1.82, 2.24) is 4.98 Å². The maximum absolute atomic E-state index is 13.4. The third-order valence-corrected chi connectivity index (χ3v) is 13.3. The first-order valence-electron chi connectivity index (χ1n) is 18.7. The van der Waals surface area contributed by atoms with E-state index in [0.29, 0.717) is 21.3 Å². The Bertz CT molecular complexity index is 3520. The molecule has 7 aromatic rings. The molecule has 0 atom stereocenters. The van der Waals surface area contributed by atoms with Crippen LogP contribution in [0, 0.1) is 29.6 Å². The Balaban J connectivity index is 1.36. The standard InChI is InChI=1S/C43H26Cl4N10O7S3/c1-22-30(20-48)39(51-28-14-16-33(47)36(19-28)67(62,63)64)53-40(50-26-12-9-24(44)10-13-26)38(22)55-56-42-31(21-49)37(43(65-42)57-54-34-18-25(45)11-15-32(34)46)23-5-4-6-27(17-23)52-41(58)29-7-2-3-8-35(29)66(59,60)61/h2-19H,1H3,(H,52,58)(H2,50,51,53)(H,59,60,61)(H,62,63,64). The Kier molecular flexibility index (Phi) is 14.3. The van der Waals surface area contributed by atoms with Crippen molar-refractivity contribution in [2.45, 2.75) is 16.7 Å². The fourth-order valence-electron chi connectivity index (χ4n) is 6.22. The van der Waals surface area contributed by atoms with Crippen LogP contribution in [0.2, 0.25) is 20.1 Å². The lowest BCUT2D eigenvalue weighted by atomic mass is 10.0. The molecule has 0 saturated carbocycles. The summed E-state index contributed by atoms with van der Waals surface area (Å²) in [6, 6.07) is 30.3. The number of amides is 1. The monoisotopic (exact) mass is 1030 g/mol. The predicted molar refractivity (Wildman–Crippen MR) is 256 cm³/mol. The number of hydrogen-bond donors (Lipinski definition) is 5. The van der Waals surface area contributed by atoms with Gasteiger partial charge in [0.1, 0.15) is 43.9 Å². The first-order valence-corrected chi connectivity index (χ1v) is 23.9. The van der Waals surface area contributed by atoms with Crippen LogP contribution in [-0.4, -0.2) is 36.8 Å². The van der Waals surface area contributed by atoms with Crippen molar-refractivity contribution in [3.8, 4) is 23.3 Å². The zero-order chi connectivity index (χ0) is 48.2. The van der Waals surface area contributed by atoms with Crippen molar-refractivity contribution < 1.29 is 30.7 Å². The third kappa shape index (κ3) is 11.1. The molecule has 5 N–H and O–H groups in total. The van der Waals surface area contributed by atoms with E-state index in [1.54, 1.807) is 49.4 Å². The van der Waals surface area contributed by atoms with Gasteiger partial charge in [-0.25, -0.2) is 4.98 Å². The molecule has 17 nitrogen and oxygen atoms in total. The summed E-state index contributed by atoms with van der Waals surface area (Å²) in [7, 11) is -9.49. The summed E-state index contributed by atoms with van der Waals surface area (Å²) >= 11 is 25.7. The zero-order valence-electron chi connectivity index (χ0n) is 33.7. The van der Waals surface area contributed by atoms with E-state index in [1.165, 1.54) is 54.6 Å². The molecule has 2 heterocycles. The van der Waals surface area contributed by atoms with Crippen molar-refractivity contribution >= 4 is 134 Å². The van der Waals surface area contributed by atoms with Crippen LogP contribution in [0.1, 0.15) is 27.0 Å². The summed E-state index contributed by atoms with van der Waals surface area (Å²) < 4.78 is 67.6. The molecule has 67 heavy (non-hydrogen) atoms. The number of nitrogens with zero attached hydrogens (tertiary/aromatic N) is 7. The molecule has 0 aliphatic heterocycles. The van der Waals surface area contributed by atoms with Crippen LogP contribution in [0.3, 0.4) is 0 Å². The van der Waals surface area contributed by atoms with Gasteiger partial charge in [0, 0.05) is 38.2 Å². The number of hydrogen-bond acceptors (Lipinski definition) is 15. The number of nitrogens with one attached hydrogen (secondary N) is 3. The van der Waals surface area contributed by atoms with Gasteiger partial charge in [-0.15, -0.1) is 20.5 Å². The molecule has 0 fully saturated rings. The number of nitriles is 2. The van der Waals surface area contributed by atoms with Crippen molar-refractivity contribution in [1.29, 1.82) is 10.5 Å². The number of pyridine rings is 1. The van der Waals surface area contributed by atoms with Crippen LogP contribution in [-0.2, 0) is 20.2 Å². The van der Waals surface area contributed by atoms with E-state index in [0.717, 1.165) is 23.5 Å². The largest absolute Gasteiger partial charge is 0.339 e. The smallest absolute Gasteiger partial charge is 0.296 e. The van der Waals surface area contributed by atoms with E-state index in [2.05, 4.69) is 53.5 Å². The molecular formula is C43H26Cl4N10O7S3. The maximum Gasteiger partial charge on any atom is 0.296 e. The van der Waals surface area contributed by atoms with Gasteiger partial charge in [-0.05, 0) is 97.4 Å². The van der Waals surface area contributed by atoms with Gasteiger partial charge in [0.15, 0.2) is 16.6 Å². The third-order valence-electron chi connectivity index (χ3n) is 9.30. The van der Waals surface area contributed by atoms with Gasteiger partial charge in [0.05, 0.1) is 21.2 Å². The summed E-state index contributed by atoms with van der Waals surface area (Å²) in [5.41, 5.74) is 1.31. The molecule has 0 aliphatic carbocycles. The van der Waals surface area contributed by atoms with E-state index >= 15 is 0 Å². The number of halogens is 4. The highest BCUT2D eigenvalue weighted by Crippen LogP contribution is 2.49. The van der Waals surface area contributed by atoms with Crippen LogP contribution < -0.4 is 16.0 Å². The van der Waals surface area contributed by atoms with E-state index in [4.69, 9.17) is 46.4 Å². The van der Waals surface area contributed by atoms with Gasteiger partial charge in [-0.3, -0.25) is 13.9 Å². The van der Waals surface area contributed by atoms with Gasteiger partial charge < -0.3 is 16.0 Å². The highest BCUT2D eigenvalue weighted by atomic mass is 35.5. The number of aromatic nitrogens is 1. The Hall–Kier alpha value is -6.82. The number of thiophene rings is 1. The van der Waals surface area contributed by atoms with Crippen molar-refractivity contribution in [2.75, 3.05) is 16.0 Å². The predicted octanol–water partition coefficient (Wildman–Crippen LogP) is 13.5. The second-order valence-corrected chi connectivity index (χ2v) is 19.2. The van der Waals surface area contributed by atoms with E-state index < -0.39 is 35.9 Å². The lowest BCUT2D eigenvalue weighted by molar-refractivity contribution is 0.102. The number of rotatable bonds is 13. The molecule has 0 aliphatic rings. The highest BCUT2D eigenvalue weighted by Gasteiger charge is 2.25. The minimum atomic E-state index is -4.76. The van der Waals surface area contributed by atoms with Crippen LogP contribution >= 0.6 is 57.7 Å². The average Bonchev–Trinajstić information content (AvgIpc) is 3.64. The van der Waals surface area contributed by atoms with Crippen LogP contribution in [0.15, 0.2) is 139 Å². The second kappa shape index (κ2) is 20.0. The molecule has 7 rings (SSSR count). The Morgan fingerprint density at radius 1 is 0.657 bits per heavy atom. The minimum absolute atomic E-state index is 0.0108. The zero-order valence-corrected chi connectivity index (χ0v) is 39.2. The van der Waals surface area contributed by atoms with Crippen molar-refractivity contribution in [3.63, 3.8) is 0 Å². The van der Waals surface area contributed by atoms with E-state index in [9.17, 15) is 41.3 Å². The van der Waals surface area contributed by atoms with Gasteiger partial charge in [0.2, 0.25) is 0 Å². The van der Waals surface area contributed by atoms with Crippen LogP contribution in [0.25, 0.3) is 11.1 Å². The molecule has 0 radical (unpaired) electrons. The molecule has 24 heteroatoms. The topological polar surface area (TPSA) is 272 Å². The van der Waals surface area contributed by atoms with Gasteiger partial charge in [-0.2, -0.15) is 27.4 Å². The Morgan fingerprint density at radius 2 is 1.30 bits per heavy atom. The summed E-state index contributed by atoms with van der Waals surface area (Å²) in [6.07, 6.45) is 0. The highest BCUT2D eigenvalue weighted by molar-refractivity contribution is 7.86. The minimum Gasteiger partial charge on any atom is -0.339 e. The van der Waals surface area contributed by atoms with Crippen molar-refractivity contribution in [3.05, 3.63) is 152 Å². The number of carbonyl (C=O) groups is 1. The lowest BCUT2D eigenvalue weighted by Crippen LogP contribution is -2.16. The first kappa shape index (κ1) is 48.1. The Morgan fingerprint density at radius 3 is 2.00 bits per heavy atom. The molecule has 336 valence electrons. The lowest BCUT2D eigenvalue weighted by Gasteiger charge is -2.16. The first-order chi connectivity index (χ1) is 31.8. The maximum atomic E-state index is 13.4. The van der Waals surface area contributed by atoms with Crippen LogP contribution in [0.5, 0.6) is 0 Å². The number of azo groups is 2. The molecule has 0 spiro atoms. The Labute approximate surface area is 405 Å². The molecular weight excluding hydrogens is 1010 g/mol. The summed E-state index contributed by atoms with van der Waals surface area (Å²) in [6.45, 7) is 1.56. The van der Waals surface area contributed by atoms with Gasteiger partial charge in [-0.1, -0.05) is 82.0 Å². The number of benzene rings is 5. The van der Waals surface area contributed by atoms with Crippen LogP contribution in [0.4, 0.5) is 50.1 Å². The van der Waals surface area contributed by atoms with Gasteiger partial charge in [0.25, 0.3) is 26.1 Å². The molecule has 2 aromatic heterocycles. The SMILES string of the molecule is Cc1c(C#N)c(Nc2ccc(Cl)c(S(=O)(=O)O)c2)nc(Nc2ccc(Cl)cc2)c1N=Nc1sc(N=Nc2cc(Cl)ccc2Cl)c(-c2cccc(NC(=O)c3ccccc3S(=O)(=O)O)c2)c1C#N. The second-order valence-electron chi connectivity index (χ2n) is 13.7. The number of anilines is 5. The van der Waals surface area contributed by atoms with E-state index in [-0.39, 0.29) is 82.2 Å². The summed E-state index contributed by atoms with van der Waals surface area (Å²) in [5, 5.41) is 48.4. The average molecular weight is 1030 g/mol. The fraction of sp³-hybridized carbons (Fsp3) is 0.0233. The quantitative estimate of drug-likeness (QED) is 0.0533. The van der Waals surface area contributed by atoms with Crippen molar-refractivity contribution in [2.24, 2.45) is 20.5 Å². The van der Waals surface area contributed by atoms with Gasteiger partial charge >= 0.3 is 0 Å². The molecule has 0 unspecified atom stereocenters. The molecule has 1 amide bonds. The summed E-state index contributed by atoms with van der Waals surface area (Å²) in [5.74, 6) is -0.869. The number of carbonyl (C=O) groups excluding carboxylic acids is 1.